The highest BCUT2D eigenvalue weighted by atomic mass is 16.2. The molecule has 2 heterocycles. The van der Waals surface area contributed by atoms with Gasteiger partial charge in [-0.3, -0.25) is 15.1 Å². The summed E-state index contributed by atoms with van der Waals surface area (Å²) in [6, 6.07) is 0. The van der Waals surface area contributed by atoms with E-state index in [2.05, 4.69) is 30.5 Å². The maximum Gasteiger partial charge on any atom is 0.278 e. The summed E-state index contributed by atoms with van der Waals surface area (Å²) in [5.74, 6) is -0.232. The standard InChI is InChI=1S/C8H7N7O/c9-6-4-10-3-5(13-6)7(16)14-8-11-1-2-12-15-8/h1-4H,(H2,9,13)(H,11,14,15,16). The number of nitrogens with zero attached hydrogens (tertiary/aromatic N) is 5. The van der Waals surface area contributed by atoms with Crippen molar-refractivity contribution in [1.29, 1.82) is 0 Å². The third kappa shape index (κ3) is 2.23. The van der Waals surface area contributed by atoms with Crippen molar-refractivity contribution in [3.63, 3.8) is 0 Å². The maximum absolute atomic E-state index is 11.6. The molecule has 0 radical (unpaired) electrons. The number of hydrogen-bond acceptors (Lipinski definition) is 7. The van der Waals surface area contributed by atoms with Gasteiger partial charge in [-0.05, 0) is 0 Å². The molecule has 2 aromatic rings. The van der Waals surface area contributed by atoms with E-state index < -0.39 is 5.91 Å². The predicted molar refractivity (Wildman–Crippen MR) is 54.2 cm³/mol. The lowest BCUT2D eigenvalue weighted by atomic mass is 10.4. The number of amides is 1. The Labute approximate surface area is 90.0 Å². The molecule has 16 heavy (non-hydrogen) atoms. The summed E-state index contributed by atoms with van der Waals surface area (Å²) in [6.07, 6.45) is 5.45. The molecule has 2 rings (SSSR count). The summed E-state index contributed by atoms with van der Waals surface area (Å²) in [5, 5.41) is 9.56. The summed E-state index contributed by atoms with van der Waals surface area (Å²) in [5.41, 5.74) is 5.48. The van der Waals surface area contributed by atoms with Crippen molar-refractivity contribution in [2.24, 2.45) is 0 Å². The lowest BCUT2D eigenvalue weighted by Gasteiger charge is -2.01. The zero-order valence-corrected chi connectivity index (χ0v) is 8.03. The fourth-order valence-electron chi connectivity index (χ4n) is 0.961. The van der Waals surface area contributed by atoms with Crippen LogP contribution in [-0.2, 0) is 0 Å². The van der Waals surface area contributed by atoms with Crippen LogP contribution in [0.25, 0.3) is 0 Å². The van der Waals surface area contributed by atoms with Crippen LogP contribution in [0.4, 0.5) is 11.8 Å². The van der Waals surface area contributed by atoms with Crippen LogP contribution in [0.15, 0.2) is 24.8 Å². The van der Waals surface area contributed by atoms with Crippen molar-refractivity contribution < 1.29 is 4.79 Å². The Kier molecular flexibility index (Phi) is 2.63. The van der Waals surface area contributed by atoms with Crippen molar-refractivity contribution in [3.8, 4) is 0 Å². The largest absolute Gasteiger partial charge is 0.382 e. The quantitative estimate of drug-likeness (QED) is 0.695. The number of anilines is 2. The number of carbonyl (C=O) groups is 1. The average Bonchev–Trinajstić information content (AvgIpc) is 2.30. The summed E-state index contributed by atoms with van der Waals surface area (Å²) >= 11 is 0. The van der Waals surface area contributed by atoms with Gasteiger partial charge in [0.2, 0.25) is 5.95 Å². The Balaban J connectivity index is 2.15. The van der Waals surface area contributed by atoms with E-state index in [-0.39, 0.29) is 17.5 Å². The Morgan fingerprint density at radius 3 is 2.88 bits per heavy atom. The Morgan fingerprint density at radius 2 is 2.19 bits per heavy atom. The number of nitrogens with two attached hydrogens (primary N) is 1. The zero-order chi connectivity index (χ0) is 11.4. The number of hydrogen-bond donors (Lipinski definition) is 2. The molecule has 0 fully saturated rings. The second kappa shape index (κ2) is 4.26. The van der Waals surface area contributed by atoms with E-state index in [1.165, 1.54) is 24.8 Å². The molecule has 0 aliphatic heterocycles. The summed E-state index contributed by atoms with van der Waals surface area (Å²) in [7, 11) is 0. The molecule has 8 nitrogen and oxygen atoms in total. The lowest BCUT2D eigenvalue weighted by Crippen LogP contribution is -2.16. The fourth-order valence-corrected chi connectivity index (χ4v) is 0.961. The molecule has 3 N–H and O–H groups in total. The van der Waals surface area contributed by atoms with Crippen LogP contribution >= 0.6 is 0 Å². The van der Waals surface area contributed by atoms with Gasteiger partial charge in [0, 0.05) is 0 Å². The molecule has 0 bridgehead atoms. The molecule has 0 aliphatic carbocycles. The van der Waals surface area contributed by atoms with Gasteiger partial charge in [-0.1, -0.05) is 0 Å². The van der Waals surface area contributed by atoms with Crippen molar-refractivity contribution >= 4 is 17.7 Å². The number of nitrogens with one attached hydrogen (secondary N) is 1. The molecule has 8 heteroatoms. The second-order valence-electron chi connectivity index (χ2n) is 2.75. The molecule has 0 aliphatic rings. The van der Waals surface area contributed by atoms with E-state index in [9.17, 15) is 4.79 Å². The molecule has 1 amide bonds. The van der Waals surface area contributed by atoms with Gasteiger partial charge in [-0.2, -0.15) is 5.10 Å². The van der Waals surface area contributed by atoms with Crippen molar-refractivity contribution in [1.82, 2.24) is 25.1 Å². The van der Waals surface area contributed by atoms with Gasteiger partial charge in [0.25, 0.3) is 5.91 Å². The van der Waals surface area contributed by atoms with Crippen LogP contribution in [0.5, 0.6) is 0 Å². The van der Waals surface area contributed by atoms with Gasteiger partial charge in [0.1, 0.15) is 11.5 Å². The van der Waals surface area contributed by atoms with Crippen LogP contribution in [0.3, 0.4) is 0 Å². The number of nitrogen functional groups attached to an aromatic ring is 1. The Bertz CT molecular complexity index is 501. The normalized spacial score (nSPS) is 9.75. The molecule has 2 aromatic heterocycles. The molecule has 0 unspecified atom stereocenters. The molecule has 0 saturated carbocycles. The summed E-state index contributed by atoms with van der Waals surface area (Å²) < 4.78 is 0. The molecule has 80 valence electrons. The van der Waals surface area contributed by atoms with Gasteiger partial charge in [0.05, 0.1) is 24.8 Å². The minimum absolute atomic E-state index is 0.0902. The number of rotatable bonds is 2. The van der Waals surface area contributed by atoms with E-state index in [0.717, 1.165) is 0 Å². The van der Waals surface area contributed by atoms with Crippen molar-refractivity contribution in [2.75, 3.05) is 11.1 Å². The first kappa shape index (κ1) is 9.90. The average molecular weight is 217 g/mol. The number of aromatic nitrogens is 5. The highest BCUT2D eigenvalue weighted by Gasteiger charge is 2.09. The van der Waals surface area contributed by atoms with Crippen LogP contribution in [0, 0.1) is 0 Å². The Morgan fingerprint density at radius 1 is 1.31 bits per heavy atom. The summed E-state index contributed by atoms with van der Waals surface area (Å²) in [4.78, 5) is 22.9. The molecular weight excluding hydrogens is 210 g/mol. The lowest BCUT2D eigenvalue weighted by molar-refractivity contribution is 0.102. The number of carbonyl (C=O) groups excluding carboxylic acids is 1. The highest BCUT2D eigenvalue weighted by Crippen LogP contribution is 2.00. The topological polar surface area (TPSA) is 120 Å². The van der Waals surface area contributed by atoms with E-state index in [1.54, 1.807) is 0 Å². The van der Waals surface area contributed by atoms with Crippen LogP contribution in [0.1, 0.15) is 10.5 Å². The van der Waals surface area contributed by atoms with Gasteiger partial charge in [-0.25, -0.2) is 9.97 Å². The molecule has 0 aromatic carbocycles. The minimum atomic E-state index is -0.493. The van der Waals surface area contributed by atoms with Crippen LogP contribution < -0.4 is 11.1 Å². The monoisotopic (exact) mass is 217 g/mol. The van der Waals surface area contributed by atoms with E-state index in [1.807, 2.05) is 0 Å². The van der Waals surface area contributed by atoms with Gasteiger partial charge < -0.3 is 5.73 Å². The third-order valence-electron chi connectivity index (χ3n) is 1.59. The van der Waals surface area contributed by atoms with E-state index >= 15 is 0 Å². The predicted octanol–water partition coefficient (Wildman–Crippen LogP) is -0.504. The highest BCUT2D eigenvalue weighted by molar-refractivity contribution is 6.01. The van der Waals surface area contributed by atoms with Gasteiger partial charge >= 0.3 is 0 Å². The third-order valence-corrected chi connectivity index (χ3v) is 1.59. The second-order valence-corrected chi connectivity index (χ2v) is 2.75. The first-order valence-electron chi connectivity index (χ1n) is 4.28. The SMILES string of the molecule is Nc1cncc(C(=O)Nc2nccnn2)n1. The first-order chi connectivity index (χ1) is 7.75. The van der Waals surface area contributed by atoms with Crippen molar-refractivity contribution in [2.45, 2.75) is 0 Å². The van der Waals surface area contributed by atoms with Gasteiger partial charge in [0.15, 0.2) is 0 Å². The minimum Gasteiger partial charge on any atom is -0.382 e. The van der Waals surface area contributed by atoms with Crippen LogP contribution in [-0.4, -0.2) is 31.1 Å². The Hall–Kier alpha value is -2.64. The molecule has 0 atom stereocenters. The van der Waals surface area contributed by atoms with E-state index in [0.29, 0.717) is 0 Å². The molecular formula is C8H7N7O. The van der Waals surface area contributed by atoms with Crippen LogP contribution in [0.2, 0.25) is 0 Å². The molecule has 0 saturated heterocycles. The van der Waals surface area contributed by atoms with Crippen molar-refractivity contribution in [3.05, 3.63) is 30.5 Å². The zero-order valence-electron chi connectivity index (χ0n) is 8.03. The summed E-state index contributed by atoms with van der Waals surface area (Å²) in [6.45, 7) is 0. The van der Waals surface area contributed by atoms with E-state index in [4.69, 9.17) is 5.73 Å². The fraction of sp³-hybridized carbons (Fsp3) is 0. The smallest absolute Gasteiger partial charge is 0.278 e. The first-order valence-corrected chi connectivity index (χ1v) is 4.28. The maximum atomic E-state index is 11.6. The van der Waals surface area contributed by atoms with Gasteiger partial charge in [-0.15, -0.1) is 5.10 Å². The molecule has 0 spiro atoms.